The summed E-state index contributed by atoms with van der Waals surface area (Å²) in [4.78, 5) is 37.5. The average Bonchev–Trinajstić information content (AvgIpc) is 3.01. The Bertz CT molecular complexity index is 798. The summed E-state index contributed by atoms with van der Waals surface area (Å²) in [6.07, 6.45) is 0.665. The molecule has 1 heterocycles. The molecular weight excluding hydrogens is 446 g/mol. The van der Waals surface area contributed by atoms with Crippen molar-refractivity contribution in [3.05, 3.63) is 47.8 Å². The van der Waals surface area contributed by atoms with E-state index in [1.807, 2.05) is 30.3 Å². The molecule has 0 unspecified atom stereocenters. The van der Waals surface area contributed by atoms with E-state index in [9.17, 15) is 18.8 Å². The minimum Gasteiger partial charge on any atom is -0.447 e. The highest BCUT2D eigenvalue weighted by atomic mass is 35.6. The molecular formula is C19H20Cl3FN2O4. The monoisotopic (exact) mass is 464 g/mol. The van der Waals surface area contributed by atoms with Crippen molar-refractivity contribution in [3.8, 4) is 0 Å². The summed E-state index contributed by atoms with van der Waals surface area (Å²) in [7, 11) is 0. The fourth-order valence-corrected chi connectivity index (χ4v) is 2.95. The van der Waals surface area contributed by atoms with Gasteiger partial charge in [0, 0.05) is 0 Å². The van der Waals surface area contributed by atoms with Gasteiger partial charge in [-0.25, -0.2) is 14.1 Å². The van der Waals surface area contributed by atoms with Crippen LogP contribution >= 0.6 is 34.8 Å². The first-order valence-electron chi connectivity index (χ1n) is 8.79. The molecule has 1 aliphatic heterocycles. The predicted octanol–water partition coefficient (Wildman–Crippen LogP) is 3.94. The fraction of sp³-hybridized carbons (Fsp3) is 0.421. The van der Waals surface area contributed by atoms with E-state index < -0.39 is 45.5 Å². The second kappa shape index (κ2) is 9.78. The summed E-state index contributed by atoms with van der Waals surface area (Å²) in [5.41, 5.74) is 0.936. The molecule has 0 radical (unpaired) electrons. The van der Waals surface area contributed by atoms with Gasteiger partial charge in [0.2, 0.25) is 5.91 Å². The largest absolute Gasteiger partial charge is 0.447 e. The molecule has 0 bridgehead atoms. The zero-order valence-corrected chi connectivity index (χ0v) is 18.0. The van der Waals surface area contributed by atoms with Crippen LogP contribution in [0.25, 0.3) is 0 Å². The molecule has 1 aromatic rings. The number of hydrogen-bond acceptors (Lipinski definition) is 4. The van der Waals surface area contributed by atoms with E-state index >= 15 is 0 Å². The van der Waals surface area contributed by atoms with E-state index in [4.69, 9.17) is 39.5 Å². The maximum absolute atomic E-state index is 14.4. The maximum Gasteiger partial charge on any atom is 0.417 e. The highest BCUT2D eigenvalue weighted by Crippen LogP contribution is 2.27. The van der Waals surface area contributed by atoms with Crippen LogP contribution in [0.3, 0.4) is 0 Å². The Morgan fingerprint density at radius 3 is 2.52 bits per heavy atom. The van der Waals surface area contributed by atoms with Gasteiger partial charge < -0.3 is 10.1 Å². The third kappa shape index (κ3) is 6.32. The molecule has 158 valence electrons. The Kier molecular flexibility index (Phi) is 7.91. The van der Waals surface area contributed by atoms with Gasteiger partial charge in [0.15, 0.2) is 0 Å². The van der Waals surface area contributed by atoms with Gasteiger partial charge in [0.25, 0.3) is 9.70 Å². The first-order chi connectivity index (χ1) is 13.5. The number of rotatable bonds is 6. The van der Waals surface area contributed by atoms with Crippen LogP contribution in [-0.4, -0.2) is 45.3 Å². The van der Waals surface area contributed by atoms with Crippen LogP contribution in [0.5, 0.6) is 0 Å². The summed E-state index contributed by atoms with van der Waals surface area (Å²) >= 11 is 16.3. The van der Waals surface area contributed by atoms with Gasteiger partial charge in [-0.3, -0.25) is 9.59 Å². The van der Waals surface area contributed by atoms with E-state index in [1.165, 1.54) is 13.8 Å². The van der Waals surface area contributed by atoms with Crippen LogP contribution in [0.15, 0.2) is 42.2 Å². The third-order valence-corrected chi connectivity index (χ3v) is 4.85. The molecule has 3 atom stereocenters. The van der Waals surface area contributed by atoms with Crippen LogP contribution in [0.2, 0.25) is 0 Å². The number of cyclic esters (lactones) is 1. The van der Waals surface area contributed by atoms with Crippen molar-refractivity contribution in [1.82, 2.24) is 10.2 Å². The first kappa shape index (κ1) is 23.4. The Hall–Kier alpha value is -1.83. The minimum absolute atomic E-state index is 0.0636. The van der Waals surface area contributed by atoms with Gasteiger partial charge in [0.05, 0.1) is 18.0 Å². The molecule has 1 aromatic carbocycles. The minimum atomic E-state index is -2.24. The Labute approximate surface area is 182 Å². The van der Waals surface area contributed by atoms with Gasteiger partial charge in [-0.15, -0.1) is 0 Å². The van der Waals surface area contributed by atoms with E-state index in [2.05, 4.69) is 5.32 Å². The van der Waals surface area contributed by atoms with Gasteiger partial charge in [0.1, 0.15) is 12.4 Å². The molecule has 0 aromatic heterocycles. The van der Waals surface area contributed by atoms with Crippen molar-refractivity contribution < 1.29 is 23.5 Å². The average molecular weight is 466 g/mol. The number of ether oxygens (including phenoxy) is 1. The Morgan fingerprint density at radius 2 is 1.93 bits per heavy atom. The number of benzene rings is 1. The van der Waals surface area contributed by atoms with E-state index in [-0.39, 0.29) is 6.61 Å². The standard InChI is InChI=1S/C19H20Cl3FN2O4/c1-11(8-15(23)12(2)24-17(27)19(20,21)22)16(26)25-14(10-29-18(25)28)9-13-6-4-3-5-7-13/h3-8,11-12,14H,9-10H2,1-2H3,(H,24,27)/b15-8+/t11-,12+,14-/m1/s1. The number of alkyl halides is 3. The summed E-state index contributed by atoms with van der Waals surface area (Å²) < 4.78 is 17.2. The number of carbonyl (C=O) groups is 3. The molecule has 1 saturated heterocycles. The number of imide groups is 1. The lowest BCUT2D eigenvalue weighted by Crippen LogP contribution is -2.43. The smallest absolute Gasteiger partial charge is 0.417 e. The van der Waals surface area contributed by atoms with Crippen LogP contribution in [0, 0.1) is 5.92 Å². The normalized spacial score (nSPS) is 19.5. The van der Waals surface area contributed by atoms with Crippen LogP contribution in [-0.2, 0) is 20.7 Å². The number of hydrogen-bond donors (Lipinski definition) is 1. The SMILES string of the molecule is C[C@H](/C=C(/F)[C@H](C)NC(=O)C(Cl)(Cl)Cl)C(=O)N1C(=O)OC[C@H]1Cc1ccccc1. The lowest BCUT2D eigenvalue weighted by Gasteiger charge is -2.22. The van der Waals surface area contributed by atoms with E-state index in [0.29, 0.717) is 6.42 Å². The molecule has 2 rings (SSSR count). The van der Waals surface area contributed by atoms with E-state index in [0.717, 1.165) is 16.5 Å². The summed E-state index contributed by atoms with van der Waals surface area (Å²) in [5.74, 6) is -3.39. The molecule has 0 aliphatic carbocycles. The second-order valence-corrected chi connectivity index (χ2v) is 8.94. The van der Waals surface area contributed by atoms with Gasteiger partial charge in [-0.1, -0.05) is 65.1 Å². The molecule has 6 nitrogen and oxygen atoms in total. The predicted molar refractivity (Wildman–Crippen MR) is 108 cm³/mol. The number of halogens is 4. The zero-order valence-electron chi connectivity index (χ0n) is 15.7. The first-order valence-corrected chi connectivity index (χ1v) is 9.92. The van der Waals surface area contributed by atoms with Crippen LogP contribution < -0.4 is 5.32 Å². The van der Waals surface area contributed by atoms with Gasteiger partial charge in [-0.05, 0) is 31.9 Å². The number of nitrogens with one attached hydrogen (secondary N) is 1. The Balaban J connectivity index is 2.07. The van der Waals surface area contributed by atoms with Crippen LogP contribution in [0.1, 0.15) is 19.4 Å². The highest BCUT2D eigenvalue weighted by Gasteiger charge is 2.39. The van der Waals surface area contributed by atoms with Gasteiger partial charge >= 0.3 is 6.09 Å². The van der Waals surface area contributed by atoms with Crippen molar-refractivity contribution in [2.75, 3.05) is 6.61 Å². The molecule has 0 spiro atoms. The van der Waals surface area contributed by atoms with Gasteiger partial charge in [-0.2, -0.15) is 0 Å². The Morgan fingerprint density at radius 1 is 1.31 bits per heavy atom. The van der Waals surface area contributed by atoms with E-state index in [1.54, 1.807) is 0 Å². The lowest BCUT2D eigenvalue weighted by atomic mass is 10.0. The molecule has 29 heavy (non-hydrogen) atoms. The van der Waals surface area contributed by atoms with Crippen molar-refractivity contribution in [1.29, 1.82) is 0 Å². The quantitative estimate of drug-likeness (QED) is 0.646. The molecule has 1 aliphatic rings. The topological polar surface area (TPSA) is 75.7 Å². The van der Waals surface area contributed by atoms with Crippen LogP contribution in [0.4, 0.5) is 9.18 Å². The van der Waals surface area contributed by atoms with Crippen molar-refractivity contribution in [3.63, 3.8) is 0 Å². The number of nitrogens with zero attached hydrogens (tertiary/aromatic N) is 1. The number of carbonyl (C=O) groups excluding carboxylic acids is 3. The molecule has 1 fully saturated rings. The van der Waals surface area contributed by atoms with Crippen molar-refractivity contribution in [2.45, 2.75) is 36.1 Å². The lowest BCUT2D eigenvalue weighted by molar-refractivity contribution is -0.131. The molecule has 0 saturated carbocycles. The summed E-state index contributed by atoms with van der Waals surface area (Å²) in [6, 6.07) is 7.71. The second-order valence-electron chi connectivity index (χ2n) is 6.66. The summed E-state index contributed by atoms with van der Waals surface area (Å²) in [5, 5.41) is 2.19. The summed E-state index contributed by atoms with van der Waals surface area (Å²) in [6.45, 7) is 2.84. The molecule has 10 heteroatoms. The zero-order chi connectivity index (χ0) is 21.8. The van der Waals surface area contributed by atoms with Crippen molar-refractivity contribution in [2.24, 2.45) is 5.92 Å². The fourth-order valence-electron chi connectivity index (χ4n) is 2.79. The molecule has 1 N–H and O–H groups in total. The van der Waals surface area contributed by atoms with Crippen molar-refractivity contribution >= 4 is 52.7 Å². The molecule has 3 amide bonds. The third-order valence-electron chi connectivity index (χ3n) is 4.33. The highest BCUT2D eigenvalue weighted by molar-refractivity contribution is 6.76. The number of amides is 3. The maximum atomic E-state index is 14.4.